The number of benzene rings is 2. The van der Waals surface area contributed by atoms with Crippen molar-refractivity contribution in [2.45, 2.75) is 13.3 Å². The molecule has 2 aromatic rings. The second-order valence-electron chi connectivity index (χ2n) is 5.15. The highest BCUT2D eigenvalue weighted by Crippen LogP contribution is 2.12. The van der Waals surface area contributed by atoms with Crippen LogP contribution in [0, 0.1) is 0 Å². The number of nitrogen functional groups attached to an aromatic ring is 1. The number of hydrogen-bond donors (Lipinski definition) is 2. The molecule has 2 aromatic carbocycles. The molecule has 0 heterocycles. The van der Waals surface area contributed by atoms with Crippen molar-refractivity contribution in [2.75, 3.05) is 30.3 Å². The largest absolute Gasteiger partial charge is 0.399 e. The van der Waals surface area contributed by atoms with Gasteiger partial charge in [-0.15, -0.1) is 24.8 Å². The van der Waals surface area contributed by atoms with Gasteiger partial charge in [-0.3, -0.25) is 4.79 Å². The van der Waals surface area contributed by atoms with Crippen molar-refractivity contribution >= 4 is 42.1 Å². The van der Waals surface area contributed by atoms with E-state index in [9.17, 15) is 4.79 Å². The van der Waals surface area contributed by atoms with E-state index in [1.54, 1.807) is 24.3 Å². The molecule has 2 rings (SSSR count). The summed E-state index contributed by atoms with van der Waals surface area (Å²) in [6.07, 6.45) is 0.900. The summed E-state index contributed by atoms with van der Waals surface area (Å²) in [6.45, 7) is 4.65. The van der Waals surface area contributed by atoms with Crippen LogP contribution in [0.15, 0.2) is 54.6 Å². The third-order valence-corrected chi connectivity index (χ3v) is 3.54. The molecule has 0 unspecified atom stereocenters. The van der Waals surface area contributed by atoms with Gasteiger partial charge in [-0.05, 0) is 43.7 Å². The van der Waals surface area contributed by atoms with E-state index in [4.69, 9.17) is 5.73 Å². The Morgan fingerprint density at radius 2 is 1.79 bits per heavy atom. The quantitative estimate of drug-likeness (QED) is 0.576. The summed E-state index contributed by atoms with van der Waals surface area (Å²) in [6, 6.07) is 17.3. The first-order valence-corrected chi connectivity index (χ1v) is 7.64. The molecule has 0 fully saturated rings. The highest BCUT2D eigenvalue weighted by molar-refractivity contribution is 5.94. The summed E-state index contributed by atoms with van der Waals surface area (Å²) in [4.78, 5) is 14.3. The number of anilines is 2. The number of hydrogen-bond acceptors (Lipinski definition) is 3. The zero-order chi connectivity index (χ0) is 15.8. The minimum absolute atomic E-state index is 0. The van der Waals surface area contributed by atoms with Crippen LogP contribution in [0.2, 0.25) is 0 Å². The van der Waals surface area contributed by atoms with Gasteiger partial charge in [0.05, 0.1) is 0 Å². The van der Waals surface area contributed by atoms with Crippen molar-refractivity contribution in [1.82, 2.24) is 5.32 Å². The number of rotatable bonds is 7. The Kier molecular flexibility index (Phi) is 10.7. The smallest absolute Gasteiger partial charge is 0.251 e. The standard InChI is InChI=1S/C18H23N3O.2ClH/c1-2-21(17-10-4-3-5-11-17)13-7-12-20-18(22)15-8-6-9-16(19)14-15;;/h3-6,8-11,14H,2,7,12-13,19H2,1H3,(H,20,22);2*1H. The van der Waals surface area contributed by atoms with E-state index < -0.39 is 0 Å². The molecule has 4 nitrogen and oxygen atoms in total. The summed E-state index contributed by atoms with van der Waals surface area (Å²) < 4.78 is 0. The fourth-order valence-corrected chi connectivity index (χ4v) is 2.36. The van der Waals surface area contributed by atoms with Gasteiger partial charge in [0.2, 0.25) is 0 Å². The normalized spacial score (nSPS) is 9.38. The van der Waals surface area contributed by atoms with Crippen LogP contribution in [0.5, 0.6) is 0 Å². The molecule has 0 atom stereocenters. The second kappa shape index (κ2) is 11.6. The first-order chi connectivity index (χ1) is 10.7. The fourth-order valence-electron chi connectivity index (χ4n) is 2.36. The highest BCUT2D eigenvalue weighted by atomic mass is 35.5. The second-order valence-corrected chi connectivity index (χ2v) is 5.15. The Bertz CT molecular complexity index is 608. The molecular formula is C18H25Cl2N3O. The monoisotopic (exact) mass is 369 g/mol. The lowest BCUT2D eigenvalue weighted by Crippen LogP contribution is -2.30. The van der Waals surface area contributed by atoms with Crippen LogP contribution in [0.4, 0.5) is 11.4 Å². The van der Waals surface area contributed by atoms with Gasteiger partial charge in [-0.25, -0.2) is 0 Å². The van der Waals surface area contributed by atoms with Crippen molar-refractivity contribution < 1.29 is 4.79 Å². The van der Waals surface area contributed by atoms with E-state index in [0.29, 0.717) is 17.8 Å². The Labute approximate surface area is 156 Å². The maximum atomic E-state index is 12.0. The Morgan fingerprint density at radius 3 is 2.42 bits per heavy atom. The molecule has 0 bridgehead atoms. The lowest BCUT2D eigenvalue weighted by molar-refractivity contribution is 0.0953. The van der Waals surface area contributed by atoms with Gasteiger partial charge in [0.1, 0.15) is 0 Å². The minimum atomic E-state index is -0.0740. The van der Waals surface area contributed by atoms with Crippen LogP contribution in [0.25, 0.3) is 0 Å². The maximum Gasteiger partial charge on any atom is 0.251 e. The molecule has 0 saturated heterocycles. The summed E-state index contributed by atoms with van der Waals surface area (Å²) in [5.74, 6) is -0.0740. The van der Waals surface area contributed by atoms with E-state index in [1.165, 1.54) is 5.69 Å². The van der Waals surface area contributed by atoms with Crippen molar-refractivity contribution in [3.05, 3.63) is 60.2 Å². The van der Waals surface area contributed by atoms with Gasteiger partial charge in [-0.1, -0.05) is 24.3 Å². The highest BCUT2D eigenvalue weighted by Gasteiger charge is 2.06. The van der Waals surface area contributed by atoms with E-state index in [2.05, 4.69) is 29.3 Å². The van der Waals surface area contributed by atoms with E-state index in [-0.39, 0.29) is 30.7 Å². The van der Waals surface area contributed by atoms with Crippen molar-refractivity contribution in [3.63, 3.8) is 0 Å². The van der Waals surface area contributed by atoms with Crippen molar-refractivity contribution in [3.8, 4) is 0 Å². The third kappa shape index (κ3) is 6.69. The van der Waals surface area contributed by atoms with Gasteiger partial charge in [-0.2, -0.15) is 0 Å². The number of nitrogens with one attached hydrogen (secondary N) is 1. The first kappa shape index (κ1) is 22.1. The molecule has 6 heteroatoms. The molecule has 0 saturated carbocycles. The van der Waals surface area contributed by atoms with Crippen LogP contribution in [0.1, 0.15) is 23.7 Å². The van der Waals surface area contributed by atoms with Gasteiger partial charge in [0.15, 0.2) is 0 Å². The number of amides is 1. The van der Waals surface area contributed by atoms with Gasteiger partial charge < -0.3 is 16.0 Å². The minimum Gasteiger partial charge on any atom is -0.399 e. The number of nitrogens with zero attached hydrogens (tertiary/aromatic N) is 1. The summed E-state index contributed by atoms with van der Waals surface area (Å²) in [7, 11) is 0. The third-order valence-electron chi connectivity index (χ3n) is 3.54. The average Bonchev–Trinajstić information content (AvgIpc) is 2.55. The maximum absolute atomic E-state index is 12.0. The van der Waals surface area contributed by atoms with Crippen LogP contribution < -0.4 is 16.0 Å². The fraction of sp³-hybridized carbons (Fsp3) is 0.278. The number of carbonyl (C=O) groups excluding carboxylic acids is 1. The van der Waals surface area contributed by atoms with Crippen LogP contribution >= 0.6 is 24.8 Å². The molecule has 24 heavy (non-hydrogen) atoms. The number of para-hydroxylation sites is 1. The number of nitrogens with two attached hydrogens (primary N) is 1. The lowest BCUT2D eigenvalue weighted by Gasteiger charge is -2.23. The zero-order valence-electron chi connectivity index (χ0n) is 13.8. The predicted molar refractivity (Wildman–Crippen MR) is 107 cm³/mol. The van der Waals surface area contributed by atoms with Gasteiger partial charge in [0, 0.05) is 36.6 Å². The van der Waals surface area contributed by atoms with E-state index >= 15 is 0 Å². The SMILES string of the molecule is CCN(CCCNC(=O)c1cccc(N)c1)c1ccccc1.Cl.Cl. The molecule has 1 amide bonds. The topological polar surface area (TPSA) is 58.4 Å². The zero-order valence-corrected chi connectivity index (χ0v) is 15.4. The first-order valence-electron chi connectivity index (χ1n) is 7.64. The van der Waals surface area contributed by atoms with E-state index in [1.807, 2.05) is 18.2 Å². The molecule has 0 spiro atoms. The molecule has 0 aliphatic rings. The summed E-state index contributed by atoms with van der Waals surface area (Å²) >= 11 is 0. The molecule has 0 radical (unpaired) electrons. The van der Waals surface area contributed by atoms with Gasteiger partial charge >= 0.3 is 0 Å². The van der Waals surface area contributed by atoms with Crippen LogP contribution in [-0.4, -0.2) is 25.5 Å². The summed E-state index contributed by atoms with van der Waals surface area (Å²) in [5, 5.41) is 2.94. The Morgan fingerprint density at radius 1 is 1.08 bits per heavy atom. The molecule has 0 aromatic heterocycles. The van der Waals surface area contributed by atoms with E-state index in [0.717, 1.165) is 19.5 Å². The Balaban J connectivity index is 0.00000264. The van der Waals surface area contributed by atoms with Crippen LogP contribution in [-0.2, 0) is 0 Å². The molecular weight excluding hydrogens is 345 g/mol. The van der Waals surface area contributed by atoms with Gasteiger partial charge in [0.25, 0.3) is 5.91 Å². The lowest BCUT2D eigenvalue weighted by atomic mass is 10.2. The summed E-state index contributed by atoms with van der Waals surface area (Å²) in [5.41, 5.74) is 8.11. The number of halogens is 2. The molecule has 132 valence electrons. The number of carbonyl (C=O) groups is 1. The molecule has 3 N–H and O–H groups in total. The Hall–Kier alpha value is -1.91. The van der Waals surface area contributed by atoms with Crippen molar-refractivity contribution in [1.29, 1.82) is 0 Å². The predicted octanol–water partition coefficient (Wildman–Crippen LogP) is 3.76. The molecule has 0 aliphatic carbocycles. The average molecular weight is 370 g/mol. The van der Waals surface area contributed by atoms with Crippen molar-refractivity contribution in [2.24, 2.45) is 0 Å². The van der Waals surface area contributed by atoms with Crippen LogP contribution in [0.3, 0.4) is 0 Å². The molecule has 0 aliphatic heterocycles.